The minimum atomic E-state index is -2.74. The van der Waals surface area contributed by atoms with E-state index in [1.165, 1.54) is 18.6 Å². The molecule has 2 amide bonds. The van der Waals surface area contributed by atoms with Crippen LogP contribution >= 0.6 is 0 Å². The molecule has 0 radical (unpaired) electrons. The third-order valence-corrected chi connectivity index (χ3v) is 5.40. The smallest absolute Gasteiger partial charge is 0.475 e. The molecule has 41 heavy (non-hydrogen) atoms. The number of nitrogens with one attached hydrogen (secondary N) is 2. The Morgan fingerprint density at radius 1 is 0.927 bits per heavy atom. The number of carbonyl (C=O) groups excluding carboxylic acids is 2. The van der Waals surface area contributed by atoms with Gasteiger partial charge in [-0.05, 0) is 17.9 Å². The fourth-order valence-electron chi connectivity index (χ4n) is 3.47. The summed E-state index contributed by atoms with van der Waals surface area (Å²) < 4.78 is 0. The Labute approximate surface area is 235 Å². The van der Waals surface area contributed by atoms with Gasteiger partial charge in [0.25, 0.3) is 5.91 Å². The SMILES string of the molecule is CC(C)CC(NC(=O)C(Cc1ccccc1)NC(=O)c1cnccn1)B(O)O.O=C(O)CC(O)(CC(=O)O)C(=O)O. The van der Waals surface area contributed by atoms with E-state index in [1.54, 1.807) is 0 Å². The van der Waals surface area contributed by atoms with Crippen LogP contribution in [0, 0.1) is 5.92 Å². The Balaban J connectivity index is 0.000000545. The van der Waals surface area contributed by atoms with Gasteiger partial charge in [-0.1, -0.05) is 44.2 Å². The molecule has 2 aromatic rings. The molecule has 2 unspecified atom stereocenters. The first-order valence-electron chi connectivity index (χ1n) is 12.3. The number of carboxylic acid groups (broad SMARTS) is 3. The lowest BCUT2D eigenvalue weighted by molar-refractivity contribution is -0.170. The summed E-state index contributed by atoms with van der Waals surface area (Å²) in [6.45, 7) is 3.83. The maximum atomic E-state index is 12.8. The lowest BCUT2D eigenvalue weighted by Crippen LogP contribution is -2.55. The maximum absolute atomic E-state index is 12.8. The van der Waals surface area contributed by atoms with Crippen LogP contribution in [-0.4, -0.2) is 94.9 Å². The number of carbonyl (C=O) groups is 5. The monoisotopic (exact) mass is 576 g/mol. The van der Waals surface area contributed by atoms with E-state index in [0.717, 1.165) is 5.56 Å². The van der Waals surface area contributed by atoms with Crippen molar-refractivity contribution in [2.45, 2.75) is 57.1 Å². The number of nitrogens with zero attached hydrogens (tertiary/aromatic N) is 2. The van der Waals surface area contributed by atoms with Crippen LogP contribution in [0.25, 0.3) is 0 Å². The molecule has 222 valence electrons. The third-order valence-electron chi connectivity index (χ3n) is 5.40. The number of aliphatic carboxylic acids is 3. The van der Waals surface area contributed by atoms with Crippen molar-refractivity contribution in [1.82, 2.24) is 20.6 Å². The number of aromatic nitrogens is 2. The quantitative estimate of drug-likeness (QED) is 0.127. The van der Waals surface area contributed by atoms with Crippen molar-refractivity contribution >= 4 is 36.8 Å². The van der Waals surface area contributed by atoms with E-state index in [1.807, 2.05) is 44.2 Å². The Morgan fingerprint density at radius 3 is 1.95 bits per heavy atom. The van der Waals surface area contributed by atoms with Crippen LogP contribution in [0.1, 0.15) is 49.2 Å². The first kappa shape index (κ1) is 34.6. The van der Waals surface area contributed by atoms with Gasteiger partial charge in [-0.3, -0.25) is 24.2 Å². The standard InChI is InChI=1S/C19H25BN4O4.C6H8O7/c1-13(2)10-17(20(27)28)24-18(25)15(11-14-6-4-3-5-7-14)23-19(26)16-12-21-8-9-22-16;7-3(8)1-6(13,5(11)12)2-4(9)10/h3-9,12-13,15,17,27-28H,10-11H2,1-2H3,(H,23,26)(H,24,25);13H,1-2H2,(H,7,8)(H,9,10)(H,11,12). The van der Waals surface area contributed by atoms with Crippen LogP contribution in [0.3, 0.4) is 0 Å². The van der Waals surface area contributed by atoms with Crippen LogP contribution in [0.5, 0.6) is 0 Å². The molecule has 1 heterocycles. The number of benzene rings is 1. The molecule has 2 atom stereocenters. The molecular formula is C25H33BN4O11. The topological polar surface area (TPSA) is 257 Å². The fourth-order valence-corrected chi connectivity index (χ4v) is 3.47. The van der Waals surface area contributed by atoms with Crippen LogP contribution in [0.15, 0.2) is 48.9 Å². The van der Waals surface area contributed by atoms with E-state index >= 15 is 0 Å². The van der Waals surface area contributed by atoms with Gasteiger partial charge >= 0.3 is 25.0 Å². The van der Waals surface area contributed by atoms with Crippen molar-refractivity contribution < 1.29 is 54.4 Å². The summed E-state index contributed by atoms with van der Waals surface area (Å²) in [5.41, 5.74) is -1.79. The summed E-state index contributed by atoms with van der Waals surface area (Å²) >= 11 is 0. The highest BCUT2D eigenvalue weighted by Gasteiger charge is 2.40. The number of hydrogen-bond acceptors (Lipinski definition) is 10. The van der Waals surface area contributed by atoms with Gasteiger partial charge in [0.05, 0.1) is 25.0 Å². The number of rotatable bonds is 14. The molecule has 15 nitrogen and oxygen atoms in total. The molecule has 16 heteroatoms. The first-order chi connectivity index (χ1) is 19.1. The molecule has 0 aliphatic carbocycles. The summed E-state index contributed by atoms with van der Waals surface area (Å²) in [5, 5.41) is 58.3. The molecule has 0 saturated carbocycles. The fraction of sp³-hybridized carbons (Fsp3) is 0.400. The second kappa shape index (κ2) is 16.6. The Kier molecular flexibility index (Phi) is 14.1. The van der Waals surface area contributed by atoms with E-state index < -0.39 is 67.3 Å². The van der Waals surface area contributed by atoms with Crippen molar-refractivity contribution in [3.63, 3.8) is 0 Å². The van der Waals surface area contributed by atoms with Gasteiger partial charge in [0.15, 0.2) is 5.60 Å². The van der Waals surface area contributed by atoms with Crippen molar-refractivity contribution in [2.75, 3.05) is 0 Å². The van der Waals surface area contributed by atoms with Gasteiger partial charge in [-0.2, -0.15) is 0 Å². The Bertz CT molecular complexity index is 1150. The average Bonchev–Trinajstić information content (AvgIpc) is 2.88. The van der Waals surface area contributed by atoms with Crippen molar-refractivity contribution in [3.8, 4) is 0 Å². The van der Waals surface area contributed by atoms with Gasteiger partial charge in [-0.15, -0.1) is 0 Å². The van der Waals surface area contributed by atoms with Crippen molar-refractivity contribution in [1.29, 1.82) is 0 Å². The highest BCUT2D eigenvalue weighted by atomic mass is 16.4. The molecule has 1 aromatic carbocycles. The zero-order valence-corrected chi connectivity index (χ0v) is 22.4. The van der Waals surface area contributed by atoms with Crippen LogP contribution in [0.2, 0.25) is 0 Å². The summed E-state index contributed by atoms with van der Waals surface area (Å²) in [7, 11) is -1.69. The maximum Gasteiger partial charge on any atom is 0.475 e. The lowest BCUT2D eigenvalue weighted by Gasteiger charge is -2.24. The molecule has 2 rings (SSSR count). The van der Waals surface area contributed by atoms with E-state index in [0.29, 0.717) is 6.42 Å². The summed E-state index contributed by atoms with van der Waals surface area (Å²) in [5.74, 6) is -6.74. The van der Waals surface area contributed by atoms with Crippen LogP contribution in [-0.2, 0) is 25.6 Å². The molecule has 0 saturated heterocycles. The van der Waals surface area contributed by atoms with Gasteiger partial charge in [0.1, 0.15) is 11.7 Å². The Morgan fingerprint density at radius 2 is 1.51 bits per heavy atom. The van der Waals surface area contributed by atoms with Gasteiger partial charge in [-0.25, -0.2) is 9.78 Å². The van der Waals surface area contributed by atoms with Crippen molar-refractivity contribution in [3.05, 3.63) is 60.2 Å². The second-order valence-corrected chi connectivity index (χ2v) is 9.44. The molecule has 0 aliphatic heterocycles. The predicted octanol–water partition coefficient (Wildman–Crippen LogP) is -0.888. The van der Waals surface area contributed by atoms with Crippen molar-refractivity contribution in [2.24, 2.45) is 5.92 Å². The zero-order valence-electron chi connectivity index (χ0n) is 22.4. The summed E-state index contributed by atoms with van der Waals surface area (Å²) in [4.78, 5) is 63.6. The van der Waals surface area contributed by atoms with Crippen LogP contribution in [0.4, 0.5) is 0 Å². The van der Waals surface area contributed by atoms with Gasteiger partial charge in [0, 0.05) is 18.8 Å². The molecule has 0 fully saturated rings. The number of carboxylic acids is 3. The third kappa shape index (κ3) is 13.0. The van der Waals surface area contributed by atoms with E-state index in [9.17, 15) is 34.0 Å². The average molecular weight is 576 g/mol. The van der Waals surface area contributed by atoms with Crippen LogP contribution < -0.4 is 10.6 Å². The van der Waals surface area contributed by atoms with Gasteiger partial charge in [0.2, 0.25) is 5.91 Å². The molecule has 8 N–H and O–H groups in total. The number of aliphatic hydroxyl groups is 1. The largest absolute Gasteiger partial charge is 0.481 e. The minimum Gasteiger partial charge on any atom is -0.481 e. The summed E-state index contributed by atoms with van der Waals surface area (Å²) in [6.07, 6.45) is 2.50. The highest BCUT2D eigenvalue weighted by molar-refractivity contribution is 6.43. The molecule has 1 aromatic heterocycles. The molecule has 0 aliphatic rings. The first-order valence-corrected chi connectivity index (χ1v) is 12.3. The van der Waals surface area contributed by atoms with Gasteiger partial charge < -0.3 is 41.1 Å². The van der Waals surface area contributed by atoms with E-state index in [-0.39, 0.29) is 18.0 Å². The zero-order chi connectivity index (χ0) is 31.2. The number of hydrogen-bond donors (Lipinski definition) is 8. The second-order valence-electron chi connectivity index (χ2n) is 9.44. The molecule has 0 bridgehead atoms. The Hall–Kier alpha value is -4.41. The summed E-state index contributed by atoms with van der Waals surface area (Å²) in [6, 6.07) is 8.33. The number of amides is 2. The predicted molar refractivity (Wildman–Crippen MR) is 142 cm³/mol. The lowest BCUT2D eigenvalue weighted by atomic mass is 9.75. The molecular weight excluding hydrogens is 543 g/mol. The highest BCUT2D eigenvalue weighted by Crippen LogP contribution is 2.15. The van der Waals surface area contributed by atoms with E-state index in [4.69, 9.17) is 20.4 Å². The minimum absolute atomic E-state index is 0.0919. The molecule has 0 spiro atoms. The van der Waals surface area contributed by atoms with E-state index in [2.05, 4.69) is 20.6 Å². The normalized spacial score (nSPS) is 12.2.